The normalized spacial score (nSPS) is 12.2. The molecule has 0 aromatic carbocycles. The minimum absolute atomic E-state index is 0.00491. The lowest BCUT2D eigenvalue weighted by molar-refractivity contribution is 0.270. The Balaban J connectivity index is 2.74. The SMILES string of the molecule is CCCOc1nc(Cl)nc(NC(CC)CO)n1. The molecule has 17 heavy (non-hydrogen) atoms. The van der Waals surface area contributed by atoms with Crippen molar-refractivity contribution < 1.29 is 9.84 Å². The lowest BCUT2D eigenvalue weighted by atomic mass is 10.2. The van der Waals surface area contributed by atoms with Crippen LogP contribution < -0.4 is 10.1 Å². The predicted octanol–water partition coefficient (Wildman–Crippen LogP) is 1.50. The Morgan fingerprint density at radius 2 is 2.12 bits per heavy atom. The van der Waals surface area contributed by atoms with E-state index in [2.05, 4.69) is 20.3 Å². The second kappa shape index (κ2) is 7.24. The first-order chi connectivity index (χ1) is 8.19. The Labute approximate surface area is 105 Å². The van der Waals surface area contributed by atoms with Gasteiger partial charge in [-0.2, -0.15) is 15.0 Å². The summed E-state index contributed by atoms with van der Waals surface area (Å²) in [6.07, 6.45) is 1.62. The van der Waals surface area contributed by atoms with Gasteiger partial charge in [-0.3, -0.25) is 0 Å². The van der Waals surface area contributed by atoms with E-state index < -0.39 is 0 Å². The highest BCUT2D eigenvalue weighted by atomic mass is 35.5. The number of hydrogen-bond donors (Lipinski definition) is 2. The lowest BCUT2D eigenvalue weighted by Gasteiger charge is -2.14. The zero-order valence-corrected chi connectivity index (χ0v) is 10.7. The maximum absolute atomic E-state index is 9.07. The number of nitrogens with one attached hydrogen (secondary N) is 1. The third-order valence-corrected chi connectivity index (χ3v) is 2.24. The standard InChI is InChI=1S/C10H17ClN4O2/c1-3-5-17-10-14-8(11)13-9(15-10)12-7(4-2)6-16/h7,16H,3-6H2,1-2H3,(H,12,13,14,15). The molecule has 0 aliphatic carbocycles. The van der Waals surface area contributed by atoms with Crippen LogP contribution in [0.15, 0.2) is 0 Å². The van der Waals surface area contributed by atoms with Gasteiger partial charge in [0.2, 0.25) is 11.2 Å². The minimum atomic E-state index is -0.104. The Hall–Kier alpha value is -1.14. The molecule has 0 aliphatic rings. The number of nitrogens with zero attached hydrogens (tertiary/aromatic N) is 3. The third kappa shape index (κ3) is 4.70. The Morgan fingerprint density at radius 1 is 1.35 bits per heavy atom. The maximum atomic E-state index is 9.07. The molecule has 0 amide bonds. The number of anilines is 1. The zero-order valence-electron chi connectivity index (χ0n) is 9.98. The van der Waals surface area contributed by atoms with E-state index in [0.717, 1.165) is 12.8 Å². The minimum Gasteiger partial charge on any atom is -0.463 e. The highest BCUT2D eigenvalue weighted by Crippen LogP contribution is 2.12. The molecule has 1 heterocycles. The molecule has 7 heteroatoms. The number of aliphatic hydroxyl groups is 1. The van der Waals surface area contributed by atoms with Crippen LogP contribution in [-0.2, 0) is 0 Å². The molecule has 0 fully saturated rings. The van der Waals surface area contributed by atoms with Crippen molar-refractivity contribution in [2.24, 2.45) is 0 Å². The first kappa shape index (κ1) is 13.9. The Bertz CT molecular complexity index is 347. The first-order valence-corrected chi connectivity index (χ1v) is 5.99. The van der Waals surface area contributed by atoms with Gasteiger partial charge < -0.3 is 15.2 Å². The van der Waals surface area contributed by atoms with Crippen molar-refractivity contribution in [2.45, 2.75) is 32.7 Å². The monoisotopic (exact) mass is 260 g/mol. The summed E-state index contributed by atoms with van der Waals surface area (Å²) in [4.78, 5) is 11.8. The van der Waals surface area contributed by atoms with Crippen LogP contribution in [-0.4, -0.2) is 39.3 Å². The Kier molecular flexibility index (Phi) is 5.93. The lowest BCUT2D eigenvalue weighted by Crippen LogP contribution is -2.24. The summed E-state index contributed by atoms with van der Waals surface area (Å²) in [5.41, 5.74) is 0. The molecule has 1 atom stereocenters. The first-order valence-electron chi connectivity index (χ1n) is 5.61. The molecule has 0 aliphatic heterocycles. The van der Waals surface area contributed by atoms with E-state index in [0.29, 0.717) is 12.6 Å². The molecular weight excluding hydrogens is 244 g/mol. The van der Waals surface area contributed by atoms with Gasteiger partial charge >= 0.3 is 6.01 Å². The van der Waals surface area contributed by atoms with Crippen molar-refractivity contribution in [1.29, 1.82) is 0 Å². The molecule has 0 spiro atoms. The average Bonchev–Trinajstić information content (AvgIpc) is 2.32. The molecule has 0 bridgehead atoms. The summed E-state index contributed by atoms with van der Waals surface area (Å²) >= 11 is 5.75. The van der Waals surface area contributed by atoms with Crippen LogP contribution in [0.5, 0.6) is 6.01 Å². The van der Waals surface area contributed by atoms with E-state index in [1.807, 2.05) is 13.8 Å². The largest absolute Gasteiger partial charge is 0.463 e. The Morgan fingerprint density at radius 3 is 2.71 bits per heavy atom. The fourth-order valence-corrected chi connectivity index (χ4v) is 1.27. The number of aromatic nitrogens is 3. The summed E-state index contributed by atoms with van der Waals surface area (Å²) in [7, 11) is 0. The molecule has 96 valence electrons. The number of rotatable bonds is 7. The van der Waals surface area contributed by atoms with Gasteiger partial charge in [0, 0.05) is 0 Å². The highest BCUT2D eigenvalue weighted by Gasteiger charge is 2.10. The van der Waals surface area contributed by atoms with Crippen LogP contribution in [0.3, 0.4) is 0 Å². The van der Waals surface area contributed by atoms with Gasteiger partial charge in [-0.25, -0.2) is 0 Å². The van der Waals surface area contributed by atoms with Crippen LogP contribution >= 0.6 is 11.6 Å². The molecule has 1 aromatic heterocycles. The molecule has 0 saturated carbocycles. The molecule has 6 nitrogen and oxygen atoms in total. The van der Waals surface area contributed by atoms with Crippen LogP contribution in [0.2, 0.25) is 5.28 Å². The van der Waals surface area contributed by atoms with E-state index in [9.17, 15) is 0 Å². The summed E-state index contributed by atoms with van der Waals surface area (Å²) in [6.45, 7) is 4.47. The summed E-state index contributed by atoms with van der Waals surface area (Å²) in [5, 5.41) is 12.1. The second-order valence-electron chi connectivity index (χ2n) is 3.49. The molecule has 2 N–H and O–H groups in total. The molecule has 1 rings (SSSR count). The third-order valence-electron chi connectivity index (χ3n) is 2.07. The van der Waals surface area contributed by atoms with Crippen molar-refractivity contribution >= 4 is 17.5 Å². The van der Waals surface area contributed by atoms with Gasteiger partial charge in [-0.05, 0) is 24.4 Å². The molecule has 1 unspecified atom stereocenters. The van der Waals surface area contributed by atoms with Crippen molar-refractivity contribution in [1.82, 2.24) is 15.0 Å². The van der Waals surface area contributed by atoms with Crippen molar-refractivity contribution in [2.75, 3.05) is 18.5 Å². The van der Waals surface area contributed by atoms with Crippen molar-refractivity contribution in [3.63, 3.8) is 0 Å². The molecule has 0 saturated heterocycles. The van der Waals surface area contributed by atoms with E-state index in [4.69, 9.17) is 21.4 Å². The summed E-state index contributed by atoms with van der Waals surface area (Å²) in [6, 6.07) is 0.0923. The fourth-order valence-electron chi connectivity index (χ4n) is 1.11. The smallest absolute Gasteiger partial charge is 0.322 e. The quantitative estimate of drug-likeness (QED) is 0.773. The summed E-state index contributed by atoms with van der Waals surface area (Å²) < 4.78 is 5.28. The van der Waals surface area contributed by atoms with Crippen molar-refractivity contribution in [3.05, 3.63) is 5.28 Å². The molecule has 0 radical (unpaired) electrons. The average molecular weight is 261 g/mol. The van der Waals surface area contributed by atoms with Gasteiger partial charge in [-0.1, -0.05) is 13.8 Å². The topological polar surface area (TPSA) is 80.2 Å². The number of ether oxygens (including phenoxy) is 1. The van der Waals surface area contributed by atoms with Gasteiger partial charge in [0.25, 0.3) is 0 Å². The molecular formula is C10H17ClN4O2. The van der Waals surface area contributed by atoms with Crippen LogP contribution in [0.1, 0.15) is 26.7 Å². The van der Waals surface area contributed by atoms with E-state index in [1.54, 1.807) is 0 Å². The maximum Gasteiger partial charge on any atom is 0.322 e. The van der Waals surface area contributed by atoms with E-state index in [1.165, 1.54) is 0 Å². The number of aliphatic hydroxyl groups excluding tert-OH is 1. The van der Waals surface area contributed by atoms with Crippen LogP contribution in [0, 0.1) is 0 Å². The van der Waals surface area contributed by atoms with Crippen molar-refractivity contribution in [3.8, 4) is 6.01 Å². The number of halogens is 1. The van der Waals surface area contributed by atoms with Gasteiger partial charge in [-0.15, -0.1) is 0 Å². The van der Waals surface area contributed by atoms with Gasteiger partial charge in [0.1, 0.15) is 0 Å². The second-order valence-corrected chi connectivity index (χ2v) is 3.83. The van der Waals surface area contributed by atoms with Gasteiger partial charge in [0.05, 0.1) is 19.3 Å². The highest BCUT2D eigenvalue weighted by molar-refractivity contribution is 6.28. The summed E-state index contributed by atoms with van der Waals surface area (Å²) in [5.74, 6) is 0.317. The van der Waals surface area contributed by atoms with E-state index >= 15 is 0 Å². The van der Waals surface area contributed by atoms with Gasteiger partial charge in [0.15, 0.2) is 0 Å². The van der Waals surface area contributed by atoms with Crippen LogP contribution in [0.4, 0.5) is 5.95 Å². The van der Waals surface area contributed by atoms with E-state index in [-0.39, 0.29) is 23.9 Å². The molecule has 1 aromatic rings. The number of hydrogen-bond acceptors (Lipinski definition) is 6. The van der Waals surface area contributed by atoms with Crippen LogP contribution in [0.25, 0.3) is 0 Å². The zero-order chi connectivity index (χ0) is 12.7. The predicted molar refractivity (Wildman–Crippen MR) is 65.4 cm³/mol. The fraction of sp³-hybridized carbons (Fsp3) is 0.700.